The lowest BCUT2D eigenvalue weighted by Crippen LogP contribution is -2.40. The predicted octanol–water partition coefficient (Wildman–Crippen LogP) is 5.38. The first-order valence-electron chi connectivity index (χ1n) is 8.31. The zero-order chi connectivity index (χ0) is 17.2. The van der Waals surface area contributed by atoms with Crippen molar-refractivity contribution in [2.45, 2.75) is 24.3 Å². The minimum atomic E-state index is 0.0833. The van der Waals surface area contributed by atoms with Gasteiger partial charge in [-0.05, 0) is 53.4 Å². The Bertz CT molecular complexity index is 869. The van der Waals surface area contributed by atoms with E-state index in [2.05, 4.69) is 52.9 Å². The van der Waals surface area contributed by atoms with Crippen LogP contribution in [0.4, 0.5) is 0 Å². The predicted molar refractivity (Wildman–Crippen MR) is 108 cm³/mol. The van der Waals surface area contributed by atoms with Gasteiger partial charge in [-0.15, -0.1) is 34.4 Å². The number of hydrogen-bond acceptors (Lipinski definition) is 4. The number of fused-ring (bicyclic) bond motifs is 1. The fourth-order valence-electron chi connectivity index (χ4n) is 3.28. The van der Waals surface area contributed by atoms with Crippen LogP contribution in [0.3, 0.4) is 0 Å². The molecule has 2 aromatic heterocycles. The molecule has 0 saturated carbocycles. The first-order valence-corrected chi connectivity index (χ1v) is 11.1. The van der Waals surface area contributed by atoms with E-state index in [1.807, 2.05) is 23.5 Å². The van der Waals surface area contributed by atoms with Gasteiger partial charge in [-0.3, -0.25) is 4.79 Å². The van der Waals surface area contributed by atoms with Crippen molar-refractivity contribution in [1.82, 2.24) is 4.90 Å². The molecule has 0 unspecified atom stereocenters. The van der Waals surface area contributed by atoms with Gasteiger partial charge >= 0.3 is 0 Å². The van der Waals surface area contributed by atoms with E-state index < -0.39 is 0 Å². The van der Waals surface area contributed by atoms with Gasteiger partial charge in [0.25, 0.3) is 0 Å². The number of amides is 1. The highest BCUT2D eigenvalue weighted by Crippen LogP contribution is 2.40. The third-order valence-corrected chi connectivity index (χ3v) is 7.63. The standard InChI is InChI=1S/C20H19NOS3/c1-14-5-2-3-6-16(14)25-13-19(22)21-10-8-17-15(9-12-24-17)20(21)18-7-4-11-23-18/h2-7,9,11-12,20H,8,10,13H2,1H3/t20-/m0/s1. The Labute approximate surface area is 160 Å². The summed E-state index contributed by atoms with van der Waals surface area (Å²) in [7, 11) is 0. The van der Waals surface area contributed by atoms with Crippen molar-refractivity contribution in [3.8, 4) is 0 Å². The summed E-state index contributed by atoms with van der Waals surface area (Å²) in [6.45, 7) is 2.91. The van der Waals surface area contributed by atoms with Crippen molar-refractivity contribution < 1.29 is 4.79 Å². The molecule has 0 saturated heterocycles. The van der Waals surface area contributed by atoms with Crippen molar-refractivity contribution in [3.05, 3.63) is 74.1 Å². The molecule has 3 aromatic rings. The normalized spacial score (nSPS) is 16.7. The molecule has 4 rings (SSSR count). The molecular formula is C20H19NOS3. The third kappa shape index (κ3) is 3.41. The second-order valence-corrected chi connectivity index (χ2v) is 9.11. The smallest absolute Gasteiger partial charge is 0.233 e. The average Bonchev–Trinajstić information content (AvgIpc) is 3.31. The molecule has 5 heteroatoms. The summed E-state index contributed by atoms with van der Waals surface area (Å²) in [5, 5.41) is 4.25. The zero-order valence-electron chi connectivity index (χ0n) is 14.0. The number of carbonyl (C=O) groups excluding carboxylic acids is 1. The van der Waals surface area contributed by atoms with Crippen molar-refractivity contribution in [2.24, 2.45) is 0 Å². The second kappa shape index (κ2) is 7.36. The molecule has 1 aliphatic heterocycles. The number of aryl methyl sites for hydroxylation is 1. The van der Waals surface area contributed by atoms with E-state index in [4.69, 9.17) is 0 Å². The molecule has 25 heavy (non-hydrogen) atoms. The van der Waals surface area contributed by atoms with Crippen LogP contribution in [0.1, 0.15) is 26.9 Å². The van der Waals surface area contributed by atoms with Gasteiger partial charge in [0, 0.05) is 21.2 Å². The van der Waals surface area contributed by atoms with E-state index in [0.29, 0.717) is 5.75 Å². The fraction of sp³-hybridized carbons (Fsp3) is 0.250. The molecule has 0 N–H and O–H groups in total. The molecule has 1 amide bonds. The average molecular weight is 386 g/mol. The summed E-state index contributed by atoms with van der Waals surface area (Å²) < 4.78 is 0. The summed E-state index contributed by atoms with van der Waals surface area (Å²) in [5.41, 5.74) is 2.54. The number of carbonyl (C=O) groups is 1. The topological polar surface area (TPSA) is 20.3 Å². The van der Waals surface area contributed by atoms with Gasteiger partial charge in [0.2, 0.25) is 5.91 Å². The lowest BCUT2D eigenvalue weighted by atomic mass is 9.98. The van der Waals surface area contributed by atoms with Crippen LogP contribution in [-0.4, -0.2) is 23.1 Å². The maximum Gasteiger partial charge on any atom is 0.233 e. The van der Waals surface area contributed by atoms with Gasteiger partial charge in [-0.2, -0.15) is 0 Å². The largest absolute Gasteiger partial charge is 0.330 e. The van der Waals surface area contributed by atoms with Gasteiger partial charge in [0.1, 0.15) is 0 Å². The Morgan fingerprint density at radius 3 is 2.84 bits per heavy atom. The maximum absolute atomic E-state index is 13.0. The van der Waals surface area contributed by atoms with Crippen molar-refractivity contribution in [3.63, 3.8) is 0 Å². The molecule has 1 aliphatic rings. The van der Waals surface area contributed by atoms with Crippen molar-refractivity contribution in [1.29, 1.82) is 0 Å². The van der Waals surface area contributed by atoms with Gasteiger partial charge in [0.05, 0.1) is 11.8 Å². The first kappa shape index (κ1) is 16.9. The number of thioether (sulfide) groups is 1. The molecule has 0 radical (unpaired) electrons. The van der Waals surface area contributed by atoms with E-state index in [1.165, 1.54) is 25.8 Å². The fourth-order valence-corrected chi connectivity index (χ4v) is 5.95. The van der Waals surface area contributed by atoms with Crippen LogP contribution in [0, 0.1) is 6.92 Å². The molecule has 128 valence electrons. The van der Waals surface area contributed by atoms with E-state index in [9.17, 15) is 4.79 Å². The van der Waals surface area contributed by atoms with Gasteiger partial charge in [-0.25, -0.2) is 0 Å². The van der Waals surface area contributed by atoms with E-state index >= 15 is 0 Å². The monoisotopic (exact) mass is 385 g/mol. The number of hydrogen-bond donors (Lipinski definition) is 0. The van der Waals surface area contributed by atoms with Crippen LogP contribution in [0.25, 0.3) is 0 Å². The maximum atomic E-state index is 13.0. The number of nitrogens with zero attached hydrogens (tertiary/aromatic N) is 1. The minimum absolute atomic E-state index is 0.0833. The van der Waals surface area contributed by atoms with Crippen molar-refractivity contribution >= 4 is 40.3 Å². The molecule has 0 bridgehead atoms. The number of thiophene rings is 2. The molecule has 0 fully saturated rings. The Morgan fingerprint density at radius 2 is 2.04 bits per heavy atom. The van der Waals surface area contributed by atoms with Gasteiger partial charge in [0.15, 0.2) is 0 Å². The Morgan fingerprint density at radius 1 is 1.16 bits per heavy atom. The van der Waals surface area contributed by atoms with Crippen molar-refractivity contribution in [2.75, 3.05) is 12.3 Å². The summed E-state index contributed by atoms with van der Waals surface area (Å²) in [6.07, 6.45) is 0.968. The van der Waals surface area contributed by atoms with Crippen LogP contribution in [0.5, 0.6) is 0 Å². The molecule has 1 aromatic carbocycles. The van der Waals surface area contributed by atoms with Crippen LogP contribution >= 0.6 is 34.4 Å². The van der Waals surface area contributed by atoms with Crippen LogP contribution < -0.4 is 0 Å². The summed E-state index contributed by atoms with van der Waals surface area (Å²) >= 11 is 5.20. The molecule has 3 heterocycles. The summed E-state index contributed by atoms with van der Waals surface area (Å²) in [5.74, 6) is 0.718. The molecule has 0 aliphatic carbocycles. The van der Waals surface area contributed by atoms with Crippen LogP contribution in [0.2, 0.25) is 0 Å². The van der Waals surface area contributed by atoms with Gasteiger partial charge in [-0.1, -0.05) is 24.3 Å². The Kier molecular flexibility index (Phi) is 4.97. The summed E-state index contributed by atoms with van der Waals surface area (Å²) in [6, 6.07) is 14.8. The highest BCUT2D eigenvalue weighted by atomic mass is 32.2. The molecule has 0 spiro atoms. The SMILES string of the molecule is Cc1ccccc1SCC(=O)N1CCc2sccc2[C@H]1c1cccs1. The molecule has 2 nitrogen and oxygen atoms in total. The highest BCUT2D eigenvalue weighted by molar-refractivity contribution is 8.00. The third-order valence-electron chi connectivity index (χ3n) is 4.54. The van der Waals surface area contributed by atoms with E-state index in [1.54, 1.807) is 23.1 Å². The first-order chi connectivity index (χ1) is 12.2. The highest BCUT2D eigenvalue weighted by Gasteiger charge is 2.33. The Balaban J connectivity index is 1.56. The number of rotatable bonds is 4. The van der Waals surface area contributed by atoms with Gasteiger partial charge < -0.3 is 4.90 Å². The van der Waals surface area contributed by atoms with E-state index in [0.717, 1.165) is 13.0 Å². The molecular weight excluding hydrogens is 366 g/mol. The summed E-state index contributed by atoms with van der Waals surface area (Å²) in [4.78, 5) is 19.0. The number of benzene rings is 1. The molecule has 1 atom stereocenters. The van der Waals surface area contributed by atoms with Crippen LogP contribution in [0.15, 0.2) is 58.1 Å². The lowest BCUT2D eigenvalue weighted by molar-refractivity contribution is -0.130. The van der Waals surface area contributed by atoms with E-state index in [-0.39, 0.29) is 11.9 Å². The second-order valence-electron chi connectivity index (χ2n) is 6.11. The Hall–Kier alpha value is -1.56. The van der Waals surface area contributed by atoms with Crippen LogP contribution in [-0.2, 0) is 11.2 Å². The zero-order valence-corrected chi connectivity index (χ0v) is 16.4. The minimum Gasteiger partial charge on any atom is -0.330 e. The quantitative estimate of drug-likeness (QED) is 0.562. The lowest BCUT2D eigenvalue weighted by Gasteiger charge is -2.35.